The number of hydrogen-bond donors (Lipinski definition) is 1. The van der Waals surface area contributed by atoms with E-state index in [1.807, 2.05) is 29.8 Å². The van der Waals surface area contributed by atoms with Gasteiger partial charge in [-0.2, -0.15) is 5.10 Å². The molecule has 5 nitrogen and oxygen atoms in total. The van der Waals surface area contributed by atoms with E-state index in [1.165, 1.54) is 4.90 Å². The van der Waals surface area contributed by atoms with Crippen LogP contribution in [-0.4, -0.2) is 50.8 Å². The van der Waals surface area contributed by atoms with Crippen molar-refractivity contribution in [1.29, 1.82) is 0 Å². The van der Waals surface area contributed by atoms with Crippen LogP contribution in [0.1, 0.15) is 37.1 Å². The van der Waals surface area contributed by atoms with E-state index in [9.17, 15) is 18.7 Å². The van der Waals surface area contributed by atoms with Crippen LogP contribution >= 0.6 is 11.6 Å². The molecule has 2 aromatic rings. The first-order valence-corrected chi connectivity index (χ1v) is 9.20. The number of rotatable bonds is 4. The molecule has 146 valence electrons. The quantitative estimate of drug-likeness (QED) is 0.858. The van der Waals surface area contributed by atoms with Gasteiger partial charge in [0.2, 0.25) is 5.60 Å². The number of carbonyl (C=O) groups excluding carboxylic acids is 1. The normalized spacial score (nSPS) is 18.0. The third kappa shape index (κ3) is 3.99. The van der Waals surface area contributed by atoms with Crippen LogP contribution in [0.25, 0.3) is 5.69 Å². The van der Waals surface area contributed by atoms with Crippen LogP contribution in [0.15, 0.2) is 30.3 Å². The number of hydrogen-bond acceptors (Lipinski definition) is 3. The highest BCUT2D eigenvalue weighted by Crippen LogP contribution is 2.32. The van der Waals surface area contributed by atoms with Gasteiger partial charge in [-0.1, -0.05) is 11.6 Å². The van der Waals surface area contributed by atoms with Crippen molar-refractivity contribution in [2.24, 2.45) is 0 Å². The first-order valence-electron chi connectivity index (χ1n) is 8.82. The lowest BCUT2D eigenvalue weighted by Crippen LogP contribution is -2.53. The van der Waals surface area contributed by atoms with E-state index < -0.39 is 17.9 Å². The fourth-order valence-electron chi connectivity index (χ4n) is 3.39. The Kier molecular flexibility index (Phi) is 5.53. The molecule has 0 saturated carbocycles. The number of nitrogens with zero attached hydrogens (tertiary/aromatic N) is 3. The number of aromatic nitrogens is 2. The fourth-order valence-corrected chi connectivity index (χ4v) is 3.52. The zero-order valence-electron chi connectivity index (χ0n) is 15.2. The van der Waals surface area contributed by atoms with E-state index in [-0.39, 0.29) is 5.92 Å². The van der Waals surface area contributed by atoms with Gasteiger partial charge < -0.3 is 10.0 Å². The smallest absolute Gasteiger partial charge is 0.275 e. The molecule has 1 aliphatic rings. The van der Waals surface area contributed by atoms with Crippen LogP contribution in [0.2, 0.25) is 5.02 Å². The molecule has 8 heteroatoms. The van der Waals surface area contributed by atoms with E-state index in [4.69, 9.17) is 11.6 Å². The zero-order valence-corrected chi connectivity index (χ0v) is 16.0. The summed E-state index contributed by atoms with van der Waals surface area (Å²) in [4.78, 5) is 13.5. The predicted molar refractivity (Wildman–Crippen MR) is 98.5 cm³/mol. The number of benzene rings is 1. The standard InChI is InChI=1S/C19H22ClF2N3O2/c1-12-11-16(25(23-12)15-5-3-14(20)4-6-15)13-7-9-24(10-8-13)18(26)19(2,27)17(21)22/h3-6,11,13,17,27H,7-10H2,1-2H3/t19-/m0/s1. The minimum absolute atomic E-state index is 0.141. The lowest BCUT2D eigenvalue weighted by Gasteiger charge is -2.36. The number of carbonyl (C=O) groups is 1. The molecule has 1 N–H and O–H groups in total. The van der Waals surface area contributed by atoms with E-state index in [2.05, 4.69) is 5.10 Å². The van der Waals surface area contributed by atoms with Gasteiger partial charge in [0, 0.05) is 29.7 Å². The van der Waals surface area contributed by atoms with Crippen molar-refractivity contribution in [2.45, 2.75) is 44.6 Å². The Labute approximate surface area is 161 Å². The summed E-state index contributed by atoms with van der Waals surface area (Å²) in [7, 11) is 0. The van der Waals surface area contributed by atoms with Crippen LogP contribution in [-0.2, 0) is 4.79 Å². The van der Waals surface area contributed by atoms with Crippen molar-refractivity contribution in [2.75, 3.05) is 13.1 Å². The first kappa shape index (κ1) is 19.8. The van der Waals surface area contributed by atoms with Crippen molar-refractivity contribution >= 4 is 17.5 Å². The second-order valence-electron chi connectivity index (χ2n) is 7.11. The van der Waals surface area contributed by atoms with Gasteiger partial charge in [0.15, 0.2) is 0 Å². The number of likely N-dealkylation sites (tertiary alicyclic amines) is 1. The molecule has 1 atom stereocenters. The van der Waals surface area contributed by atoms with E-state index >= 15 is 0 Å². The van der Waals surface area contributed by atoms with E-state index in [0.717, 1.165) is 24.0 Å². The summed E-state index contributed by atoms with van der Waals surface area (Å²) in [6.07, 6.45) is -1.88. The lowest BCUT2D eigenvalue weighted by molar-refractivity contribution is -0.166. The molecule has 0 spiro atoms. The number of aryl methyl sites for hydroxylation is 1. The molecule has 0 bridgehead atoms. The highest BCUT2D eigenvalue weighted by Gasteiger charge is 2.44. The molecule has 2 heterocycles. The maximum absolute atomic E-state index is 12.9. The van der Waals surface area contributed by atoms with Crippen molar-refractivity contribution in [1.82, 2.24) is 14.7 Å². The summed E-state index contributed by atoms with van der Waals surface area (Å²) >= 11 is 5.96. The Hall–Kier alpha value is -1.99. The first-order chi connectivity index (χ1) is 12.7. The molecule has 1 aromatic carbocycles. The largest absolute Gasteiger partial charge is 0.375 e. The molecule has 3 rings (SSSR count). The predicted octanol–water partition coefficient (Wildman–Crippen LogP) is 3.56. The van der Waals surface area contributed by atoms with Crippen molar-refractivity contribution in [3.63, 3.8) is 0 Å². The summed E-state index contributed by atoms with van der Waals surface area (Å²) in [5, 5.41) is 14.9. The molecule has 1 aliphatic heterocycles. The SMILES string of the molecule is Cc1cc(C2CCN(C(=O)[C@@](C)(O)C(F)F)CC2)n(-c2ccc(Cl)cc2)n1. The summed E-state index contributed by atoms with van der Waals surface area (Å²) in [5.41, 5.74) is 0.136. The highest BCUT2D eigenvalue weighted by atomic mass is 35.5. The van der Waals surface area contributed by atoms with Gasteiger partial charge in [0.25, 0.3) is 12.3 Å². The van der Waals surface area contributed by atoms with Gasteiger partial charge in [0.1, 0.15) is 0 Å². The van der Waals surface area contributed by atoms with Crippen LogP contribution in [0.5, 0.6) is 0 Å². The molecule has 1 saturated heterocycles. The Morgan fingerprint density at radius 2 is 1.89 bits per heavy atom. The van der Waals surface area contributed by atoms with Gasteiger partial charge in [-0.25, -0.2) is 13.5 Å². The van der Waals surface area contributed by atoms with Crippen LogP contribution in [0.4, 0.5) is 8.78 Å². The lowest BCUT2D eigenvalue weighted by atomic mass is 9.92. The number of halogens is 3. The summed E-state index contributed by atoms with van der Waals surface area (Å²) in [6, 6.07) is 9.37. The number of piperidine rings is 1. The Bertz CT molecular complexity index is 813. The van der Waals surface area contributed by atoms with E-state index in [1.54, 1.807) is 12.1 Å². The summed E-state index contributed by atoms with van der Waals surface area (Å²) < 4.78 is 27.7. The minimum atomic E-state index is -3.11. The highest BCUT2D eigenvalue weighted by molar-refractivity contribution is 6.30. The van der Waals surface area contributed by atoms with Crippen LogP contribution in [0.3, 0.4) is 0 Å². The van der Waals surface area contributed by atoms with Crippen molar-refractivity contribution in [3.05, 3.63) is 46.7 Å². The van der Waals surface area contributed by atoms with Crippen LogP contribution in [0, 0.1) is 6.92 Å². The maximum atomic E-state index is 12.9. The topological polar surface area (TPSA) is 58.4 Å². The molecule has 0 aliphatic carbocycles. The molecule has 1 amide bonds. The second kappa shape index (κ2) is 7.56. The molecule has 1 aromatic heterocycles. The molecule has 0 radical (unpaired) electrons. The van der Waals surface area contributed by atoms with Gasteiger partial charge >= 0.3 is 0 Å². The summed E-state index contributed by atoms with van der Waals surface area (Å²) in [6.45, 7) is 3.41. The fraction of sp³-hybridized carbons (Fsp3) is 0.474. The molecular formula is C19H22ClF2N3O2. The van der Waals surface area contributed by atoms with Gasteiger partial charge in [-0.3, -0.25) is 4.79 Å². The summed E-state index contributed by atoms with van der Waals surface area (Å²) in [5.74, 6) is -0.777. The molecule has 27 heavy (non-hydrogen) atoms. The molecule has 1 fully saturated rings. The third-order valence-electron chi connectivity index (χ3n) is 4.99. The molecule has 0 unspecified atom stereocenters. The van der Waals surface area contributed by atoms with Gasteiger partial charge in [-0.05, 0) is 57.0 Å². The second-order valence-corrected chi connectivity index (χ2v) is 7.55. The zero-order chi connectivity index (χ0) is 19.8. The van der Waals surface area contributed by atoms with Crippen LogP contribution < -0.4 is 0 Å². The Balaban J connectivity index is 1.76. The van der Waals surface area contributed by atoms with Crippen molar-refractivity contribution in [3.8, 4) is 5.69 Å². The average molecular weight is 398 g/mol. The monoisotopic (exact) mass is 397 g/mol. The molecular weight excluding hydrogens is 376 g/mol. The van der Waals surface area contributed by atoms with Gasteiger partial charge in [-0.15, -0.1) is 0 Å². The third-order valence-corrected chi connectivity index (χ3v) is 5.24. The average Bonchev–Trinajstić information content (AvgIpc) is 3.03. The van der Waals surface area contributed by atoms with E-state index in [0.29, 0.717) is 31.0 Å². The Morgan fingerprint density at radius 3 is 2.44 bits per heavy atom. The van der Waals surface area contributed by atoms with Crippen molar-refractivity contribution < 1.29 is 18.7 Å². The number of amides is 1. The maximum Gasteiger partial charge on any atom is 0.275 e. The number of aliphatic hydroxyl groups is 1. The number of alkyl halides is 2. The van der Waals surface area contributed by atoms with Gasteiger partial charge in [0.05, 0.1) is 11.4 Å². The Morgan fingerprint density at radius 1 is 1.30 bits per heavy atom. The minimum Gasteiger partial charge on any atom is -0.375 e.